The number of carbonyl (C=O) groups is 1. The van der Waals surface area contributed by atoms with Gasteiger partial charge in [-0.1, -0.05) is 41.3 Å². The first-order valence-corrected chi connectivity index (χ1v) is 11.2. The van der Waals surface area contributed by atoms with Gasteiger partial charge < -0.3 is 0 Å². The zero-order chi connectivity index (χ0) is 19.7. The van der Waals surface area contributed by atoms with Crippen molar-refractivity contribution in [2.24, 2.45) is 0 Å². The van der Waals surface area contributed by atoms with Crippen molar-refractivity contribution in [1.29, 1.82) is 0 Å². The van der Waals surface area contributed by atoms with E-state index in [0.717, 1.165) is 31.4 Å². The average Bonchev–Trinajstić information content (AvgIpc) is 3.28. The highest BCUT2D eigenvalue weighted by atomic mass is 32.2. The van der Waals surface area contributed by atoms with Crippen LogP contribution in [-0.2, 0) is 4.79 Å². The zero-order valence-electron chi connectivity index (χ0n) is 15.5. The molecule has 1 aromatic carbocycles. The van der Waals surface area contributed by atoms with Gasteiger partial charge in [0, 0.05) is 10.9 Å². The van der Waals surface area contributed by atoms with Crippen molar-refractivity contribution in [1.82, 2.24) is 20.2 Å². The van der Waals surface area contributed by atoms with Gasteiger partial charge in [0.2, 0.25) is 11.0 Å². The van der Waals surface area contributed by atoms with Gasteiger partial charge in [0.1, 0.15) is 21.2 Å². The van der Waals surface area contributed by atoms with Gasteiger partial charge in [-0.3, -0.25) is 10.1 Å². The Bertz CT molecular complexity index is 1170. The second kappa shape index (κ2) is 7.94. The number of anilines is 1. The summed E-state index contributed by atoms with van der Waals surface area (Å²) in [6.45, 7) is 6.07. The van der Waals surface area contributed by atoms with E-state index >= 15 is 0 Å². The van der Waals surface area contributed by atoms with Crippen LogP contribution >= 0.6 is 34.4 Å². The lowest BCUT2D eigenvalue weighted by Gasteiger charge is -2.07. The quantitative estimate of drug-likeness (QED) is 0.362. The summed E-state index contributed by atoms with van der Waals surface area (Å²) in [5, 5.41) is 15.9. The molecule has 0 saturated carbocycles. The van der Waals surface area contributed by atoms with Gasteiger partial charge in [-0.25, -0.2) is 9.97 Å². The molecule has 142 valence electrons. The van der Waals surface area contributed by atoms with Crippen molar-refractivity contribution in [3.05, 3.63) is 46.0 Å². The summed E-state index contributed by atoms with van der Waals surface area (Å²) in [5.41, 5.74) is 4.75. The maximum atomic E-state index is 12.3. The lowest BCUT2D eigenvalue weighted by atomic mass is 10.0. The van der Waals surface area contributed by atoms with Gasteiger partial charge in [0.05, 0.1) is 11.1 Å². The Morgan fingerprint density at radius 1 is 1.14 bits per heavy atom. The highest BCUT2D eigenvalue weighted by molar-refractivity contribution is 8.00. The van der Waals surface area contributed by atoms with Gasteiger partial charge in [0.15, 0.2) is 0 Å². The van der Waals surface area contributed by atoms with Crippen LogP contribution in [0.1, 0.15) is 16.1 Å². The second-order valence-electron chi connectivity index (χ2n) is 6.27. The molecule has 0 aliphatic heterocycles. The lowest BCUT2D eigenvalue weighted by molar-refractivity contribution is -0.113. The molecule has 0 atom stereocenters. The Morgan fingerprint density at radius 2 is 2.00 bits per heavy atom. The highest BCUT2D eigenvalue weighted by Crippen LogP contribution is 2.38. The Labute approximate surface area is 174 Å². The molecule has 0 bridgehead atoms. The molecule has 28 heavy (non-hydrogen) atoms. The van der Waals surface area contributed by atoms with E-state index in [9.17, 15) is 4.79 Å². The van der Waals surface area contributed by atoms with Gasteiger partial charge >= 0.3 is 0 Å². The number of nitrogens with zero attached hydrogens (tertiary/aromatic N) is 4. The van der Waals surface area contributed by atoms with Crippen molar-refractivity contribution in [2.75, 3.05) is 11.1 Å². The number of aromatic nitrogens is 4. The summed E-state index contributed by atoms with van der Waals surface area (Å²) < 4.78 is 0. The molecule has 4 aromatic rings. The van der Waals surface area contributed by atoms with Crippen LogP contribution in [0.2, 0.25) is 0 Å². The van der Waals surface area contributed by atoms with E-state index < -0.39 is 0 Å². The number of thiophene rings is 1. The van der Waals surface area contributed by atoms with Crippen LogP contribution in [-0.4, -0.2) is 31.8 Å². The largest absolute Gasteiger partial charge is 0.300 e. The maximum Gasteiger partial charge on any atom is 0.236 e. The molecule has 0 aliphatic carbocycles. The third kappa shape index (κ3) is 3.91. The maximum absolute atomic E-state index is 12.3. The Morgan fingerprint density at radius 3 is 2.75 bits per heavy atom. The molecule has 3 aromatic heterocycles. The first-order chi connectivity index (χ1) is 13.5. The molecule has 0 radical (unpaired) electrons. The van der Waals surface area contributed by atoms with Crippen LogP contribution in [0, 0.1) is 20.8 Å². The molecule has 1 N–H and O–H groups in total. The normalized spacial score (nSPS) is 11.1. The number of fused-ring (bicyclic) bond motifs is 1. The smallest absolute Gasteiger partial charge is 0.236 e. The molecule has 0 spiro atoms. The van der Waals surface area contributed by atoms with Crippen molar-refractivity contribution in [3.63, 3.8) is 0 Å². The van der Waals surface area contributed by atoms with Crippen LogP contribution in [0.5, 0.6) is 0 Å². The van der Waals surface area contributed by atoms with E-state index in [4.69, 9.17) is 0 Å². The van der Waals surface area contributed by atoms with Crippen LogP contribution in [0.25, 0.3) is 21.3 Å². The summed E-state index contributed by atoms with van der Waals surface area (Å²) >= 11 is 4.35. The van der Waals surface area contributed by atoms with Crippen molar-refractivity contribution in [2.45, 2.75) is 25.8 Å². The Kier molecular flexibility index (Phi) is 5.38. The van der Waals surface area contributed by atoms with E-state index in [-0.39, 0.29) is 11.7 Å². The number of benzene rings is 1. The van der Waals surface area contributed by atoms with Crippen LogP contribution in [0.4, 0.5) is 5.13 Å². The highest BCUT2D eigenvalue weighted by Gasteiger charge is 2.15. The number of amides is 1. The lowest BCUT2D eigenvalue weighted by Crippen LogP contribution is -2.14. The summed E-state index contributed by atoms with van der Waals surface area (Å²) in [5.74, 6) is 0.114. The van der Waals surface area contributed by atoms with Crippen molar-refractivity contribution >= 4 is 55.7 Å². The summed E-state index contributed by atoms with van der Waals surface area (Å²) in [6.07, 6.45) is 1.55. The summed E-state index contributed by atoms with van der Waals surface area (Å²) in [7, 11) is 0. The number of aryl methyl sites for hydroxylation is 3. The van der Waals surface area contributed by atoms with Gasteiger partial charge in [-0.2, -0.15) is 0 Å². The molecule has 6 nitrogen and oxygen atoms in total. The van der Waals surface area contributed by atoms with Crippen molar-refractivity contribution in [3.8, 4) is 11.1 Å². The van der Waals surface area contributed by atoms with Crippen LogP contribution in [0.15, 0.2) is 34.9 Å². The number of nitrogens with one attached hydrogen (secondary N) is 1. The molecular weight excluding hydrogens is 410 g/mol. The van der Waals surface area contributed by atoms with E-state index in [1.165, 1.54) is 34.2 Å². The predicted octanol–water partition coefficient (Wildman–Crippen LogP) is 4.87. The van der Waals surface area contributed by atoms with Gasteiger partial charge in [-0.05, 0) is 37.5 Å². The van der Waals surface area contributed by atoms with E-state index in [1.807, 2.05) is 6.92 Å². The zero-order valence-corrected chi connectivity index (χ0v) is 18.0. The van der Waals surface area contributed by atoms with Gasteiger partial charge in [-0.15, -0.1) is 21.5 Å². The first-order valence-electron chi connectivity index (χ1n) is 8.54. The fourth-order valence-electron chi connectivity index (χ4n) is 2.71. The third-order valence-electron chi connectivity index (χ3n) is 4.27. The number of thioether (sulfide) groups is 1. The minimum absolute atomic E-state index is 0.129. The first kappa shape index (κ1) is 19.0. The predicted molar refractivity (Wildman–Crippen MR) is 116 cm³/mol. The third-order valence-corrected chi connectivity index (χ3v) is 6.90. The molecule has 3 heterocycles. The molecule has 0 saturated heterocycles. The summed E-state index contributed by atoms with van der Waals surface area (Å²) in [4.78, 5) is 22.0. The monoisotopic (exact) mass is 427 g/mol. The van der Waals surface area contributed by atoms with E-state index in [1.54, 1.807) is 17.7 Å². The molecule has 0 unspecified atom stereocenters. The Balaban J connectivity index is 1.59. The molecular formula is C19H17N5OS3. The SMILES string of the molecule is Cc1nnc(NC(=O)CSc2ncnc3scc(-c4ccc(C)c(C)c4)c23)s1. The average molecular weight is 428 g/mol. The molecule has 9 heteroatoms. The fraction of sp³-hybridized carbons (Fsp3) is 0.211. The topological polar surface area (TPSA) is 80.7 Å². The minimum Gasteiger partial charge on any atom is -0.300 e. The standard InChI is InChI=1S/C19H17N5OS3/c1-10-4-5-13(6-11(10)2)14-7-26-17-16(14)18(21-9-20-17)27-8-15(25)22-19-24-23-12(3)28-19/h4-7,9H,8H2,1-3H3,(H,22,24,25). The molecule has 0 aliphatic rings. The minimum atomic E-state index is -0.129. The molecule has 4 rings (SSSR count). The number of carbonyl (C=O) groups excluding carboxylic acids is 1. The van der Waals surface area contributed by atoms with E-state index in [0.29, 0.717) is 5.13 Å². The number of rotatable bonds is 5. The Hall–Kier alpha value is -2.36. The fourth-order valence-corrected chi connectivity index (χ4v) is 5.12. The second-order valence-corrected chi connectivity index (χ2v) is 9.27. The van der Waals surface area contributed by atoms with Crippen LogP contribution < -0.4 is 5.32 Å². The number of hydrogen-bond donors (Lipinski definition) is 1. The van der Waals surface area contributed by atoms with Crippen molar-refractivity contribution < 1.29 is 4.79 Å². The van der Waals surface area contributed by atoms with E-state index in [2.05, 4.69) is 62.9 Å². The summed E-state index contributed by atoms with van der Waals surface area (Å²) in [6, 6.07) is 6.43. The molecule has 1 amide bonds. The molecule has 0 fully saturated rings. The van der Waals surface area contributed by atoms with Gasteiger partial charge in [0.25, 0.3) is 0 Å². The number of hydrogen-bond acceptors (Lipinski definition) is 8. The van der Waals surface area contributed by atoms with Crippen LogP contribution in [0.3, 0.4) is 0 Å².